The molecule has 0 aliphatic heterocycles. The SMILES string of the molecule is CC(C)(Nc1ccc(S(N)(=O)=O)cc1)C(=O)O. The van der Waals surface area contributed by atoms with Gasteiger partial charge in [0.1, 0.15) is 5.54 Å². The maximum absolute atomic E-state index is 11.0. The zero-order valence-corrected chi connectivity index (χ0v) is 10.3. The van der Waals surface area contributed by atoms with Gasteiger partial charge in [0.15, 0.2) is 0 Å². The summed E-state index contributed by atoms with van der Waals surface area (Å²) in [6.07, 6.45) is 0. The van der Waals surface area contributed by atoms with E-state index in [1.54, 1.807) is 0 Å². The molecule has 0 unspecified atom stereocenters. The number of benzene rings is 1. The second-order valence-corrected chi connectivity index (χ2v) is 5.69. The molecule has 0 bridgehead atoms. The van der Waals surface area contributed by atoms with Crippen molar-refractivity contribution in [3.8, 4) is 0 Å². The number of nitrogens with one attached hydrogen (secondary N) is 1. The smallest absolute Gasteiger partial charge is 0.328 e. The number of hydrogen-bond acceptors (Lipinski definition) is 4. The molecule has 94 valence electrons. The summed E-state index contributed by atoms with van der Waals surface area (Å²) in [4.78, 5) is 10.9. The van der Waals surface area contributed by atoms with Gasteiger partial charge in [0, 0.05) is 5.69 Å². The third kappa shape index (κ3) is 3.43. The molecule has 0 atom stereocenters. The summed E-state index contributed by atoms with van der Waals surface area (Å²) in [5.41, 5.74) is -0.631. The van der Waals surface area contributed by atoms with Crippen LogP contribution in [-0.4, -0.2) is 25.0 Å². The van der Waals surface area contributed by atoms with Crippen LogP contribution < -0.4 is 10.5 Å². The fourth-order valence-electron chi connectivity index (χ4n) is 1.14. The van der Waals surface area contributed by atoms with Gasteiger partial charge in [-0.15, -0.1) is 0 Å². The van der Waals surface area contributed by atoms with Crippen LogP contribution in [0.5, 0.6) is 0 Å². The first-order chi connectivity index (χ1) is 7.63. The number of aliphatic carboxylic acids is 1. The predicted octanol–water partition coefficient (Wildman–Crippen LogP) is 0.609. The molecule has 0 saturated carbocycles. The highest BCUT2D eigenvalue weighted by molar-refractivity contribution is 7.89. The zero-order chi connectivity index (χ0) is 13.3. The van der Waals surface area contributed by atoms with E-state index in [1.807, 2.05) is 0 Å². The van der Waals surface area contributed by atoms with Crippen LogP contribution in [0.15, 0.2) is 29.2 Å². The average molecular weight is 258 g/mol. The number of carboxylic acids is 1. The Bertz CT molecular complexity index is 520. The highest BCUT2D eigenvalue weighted by atomic mass is 32.2. The number of rotatable bonds is 4. The Morgan fingerprint density at radius 1 is 1.29 bits per heavy atom. The van der Waals surface area contributed by atoms with Crippen molar-refractivity contribution in [2.75, 3.05) is 5.32 Å². The Morgan fingerprint density at radius 2 is 1.76 bits per heavy atom. The van der Waals surface area contributed by atoms with Crippen LogP contribution in [0.2, 0.25) is 0 Å². The van der Waals surface area contributed by atoms with Crippen molar-refractivity contribution < 1.29 is 18.3 Å². The molecule has 7 heteroatoms. The number of hydrogen-bond donors (Lipinski definition) is 3. The van der Waals surface area contributed by atoms with Crippen LogP contribution in [0.4, 0.5) is 5.69 Å². The number of nitrogens with two attached hydrogens (primary N) is 1. The molecule has 0 heterocycles. The molecule has 17 heavy (non-hydrogen) atoms. The maximum Gasteiger partial charge on any atom is 0.328 e. The maximum atomic E-state index is 11.0. The molecule has 6 nitrogen and oxygen atoms in total. The summed E-state index contributed by atoms with van der Waals surface area (Å²) < 4.78 is 22.0. The van der Waals surface area contributed by atoms with Crippen molar-refractivity contribution in [2.45, 2.75) is 24.3 Å². The van der Waals surface area contributed by atoms with Gasteiger partial charge in [-0.25, -0.2) is 18.4 Å². The van der Waals surface area contributed by atoms with Crippen LogP contribution in [0.1, 0.15) is 13.8 Å². The molecule has 0 saturated heterocycles. The highest BCUT2D eigenvalue weighted by Crippen LogP contribution is 2.17. The molecule has 1 aromatic rings. The number of carboxylic acid groups (broad SMARTS) is 1. The summed E-state index contributed by atoms with van der Waals surface area (Å²) in [7, 11) is -3.72. The molecule has 0 radical (unpaired) electrons. The van der Waals surface area contributed by atoms with Crippen molar-refractivity contribution in [1.29, 1.82) is 0 Å². The van der Waals surface area contributed by atoms with Gasteiger partial charge in [0.25, 0.3) is 0 Å². The molecule has 1 aromatic carbocycles. The highest BCUT2D eigenvalue weighted by Gasteiger charge is 2.26. The van der Waals surface area contributed by atoms with Gasteiger partial charge >= 0.3 is 5.97 Å². The second-order valence-electron chi connectivity index (χ2n) is 4.12. The summed E-state index contributed by atoms with van der Waals surface area (Å²) in [5, 5.41) is 16.6. The molecule has 0 aliphatic rings. The van der Waals surface area contributed by atoms with E-state index in [0.717, 1.165) is 0 Å². The van der Waals surface area contributed by atoms with Crippen molar-refractivity contribution in [3.63, 3.8) is 0 Å². The van der Waals surface area contributed by atoms with Crippen LogP contribution in [0.3, 0.4) is 0 Å². The molecule has 0 aliphatic carbocycles. The lowest BCUT2D eigenvalue weighted by atomic mass is 10.1. The average Bonchev–Trinajstić information content (AvgIpc) is 2.16. The van der Waals surface area contributed by atoms with E-state index < -0.39 is 21.5 Å². The van der Waals surface area contributed by atoms with Crippen LogP contribution in [0.25, 0.3) is 0 Å². The summed E-state index contributed by atoms with van der Waals surface area (Å²) in [5.74, 6) is -1.01. The fraction of sp³-hybridized carbons (Fsp3) is 0.300. The summed E-state index contributed by atoms with van der Waals surface area (Å²) >= 11 is 0. The third-order valence-electron chi connectivity index (χ3n) is 2.17. The zero-order valence-electron chi connectivity index (χ0n) is 9.47. The van der Waals surface area contributed by atoms with Gasteiger partial charge in [0.05, 0.1) is 4.90 Å². The monoisotopic (exact) mass is 258 g/mol. The van der Waals surface area contributed by atoms with E-state index in [9.17, 15) is 13.2 Å². The molecule has 0 spiro atoms. The lowest BCUT2D eigenvalue weighted by Gasteiger charge is -2.22. The molecular formula is C10H14N2O4S. The lowest BCUT2D eigenvalue weighted by Crippen LogP contribution is -2.39. The van der Waals surface area contributed by atoms with Gasteiger partial charge in [-0.05, 0) is 38.1 Å². The van der Waals surface area contributed by atoms with Gasteiger partial charge in [-0.3, -0.25) is 0 Å². The van der Waals surface area contributed by atoms with Gasteiger partial charge < -0.3 is 10.4 Å². The number of primary sulfonamides is 1. The van der Waals surface area contributed by atoms with E-state index in [-0.39, 0.29) is 4.90 Å². The minimum absolute atomic E-state index is 0.0174. The minimum atomic E-state index is -3.72. The topological polar surface area (TPSA) is 109 Å². The first kappa shape index (κ1) is 13.5. The summed E-state index contributed by atoms with van der Waals surface area (Å²) in [6.45, 7) is 3.01. The predicted molar refractivity (Wildman–Crippen MR) is 63.2 cm³/mol. The number of carbonyl (C=O) groups is 1. The molecule has 4 N–H and O–H groups in total. The molecule has 0 amide bonds. The van der Waals surface area contributed by atoms with Gasteiger partial charge in [-0.2, -0.15) is 0 Å². The lowest BCUT2D eigenvalue weighted by molar-refractivity contribution is -0.141. The third-order valence-corrected chi connectivity index (χ3v) is 3.10. The first-order valence-corrected chi connectivity index (χ1v) is 6.32. The largest absolute Gasteiger partial charge is 0.480 e. The number of sulfonamides is 1. The Kier molecular flexibility index (Phi) is 3.44. The van der Waals surface area contributed by atoms with Gasteiger partial charge in [0.2, 0.25) is 10.0 Å². The second kappa shape index (κ2) is 4.34. The van der Waals surface area contributed by atoms with E-state index in [0.29, 0.717) is 5.69 Å². The van der Waals surface area contributed by atoms with E-state index in [2.05, 4.69) is 5.32 Å². The normalized spacial score (nSPS) is 12.2. The Hall–Kier alpha value is -1.60. The van der Waals surface area contributed by atoms with Gasteiger partial charge in [-0.1, -0.05) is 0 Å². The molecule has 0 aromatic heterocycles. The first-order valence-electron chi connectivity index (χ1n) is 4.77. The molecule has 0 fully saturated rings. The Morgan fingerprint density at radius 3 is 2.12 bits per heavy atom. The van der Waals surface area contributed by atoms with E-state index in [4.69, 9.17) is 10.2 Å². The van der Waals surface area contributed by atoms with E-state index >= 15 is 0 Å². The standard InChI is InChI=1S/C10H14N2O4S/c1-10(2,9(13)14)12-7-3-5-8(6-4-7)17(11,15)16/h3-6,12H,1-2H3,(H,13,14)(H2,11,15,16). The van der Waals surface area contributed by atoms with E-state index in [1.165, 1.54) is 38.1 Å². The molecule has 1 rings (SSSR count). The summed E-state index contributed by atoms with van der Waals surface area (Å²) in [6, 6.07) is 5.56. The van der Waals surface area contributed by atoms with Crippen LogP contribution in [-0.2, 0) is 14.8 Å². The Labute approximate surface area is 99.5 Å². The fourth-order valence-corrected chi connectivity index (χ4v) is 1.66. The molecular weight excluding hydrogens is 244 g/mol. The quantitative estimate of drug-likeness (QED) is 0.733. The van der Waals surface area contributed by atoms with Crippen molar-refractivity contribution in [1.82, 2.24) is 0 Å². The number of anilines is 1. The van der Waals surface area contributed by atoms with Crippen LogP contribution >= 0.6 is 0 Å². The van der Waals surface area contributed by atoms with Crippen molar-refractivity contribution in [2.24, 2.45) is 5.14 Å². The van der Waals surface area contributed by atoms with Crippen molar-refractivity contribution >= 4 is 21.7 Å². The minimum Gasteiger partial charge on any atom is -0.480 e. The van der Waals surface area contributed by atoms with Crippen molar-refractivity contribution in [3.05, 3.63) is 24.3 Å². The Balaban J connectivity index is 2.94. The van der Waals surface area contributed by atoms with Crippen LogP contribution in [0, 0.1) is 0 Å².